The van der Waals surface area contributed by atoms with E-state index in [1.54, 1.807) is 25.9 Å². The zero-order valence-electron chi connectivity index (χ0n) is 13.0. The summed E-state index contributed by atoms with van der Waals surface area (Å²) in [6, 6.07) is 9.17. The van der Waals surface area contributed by atoms with Crippen LogP contribution in [-0.2, 0) is 20.9 Å². The van der Waals surface area contributed by atoms with Gasteiger partial charge in [0.25, 0.3) is 0 Å². The molecule has 1 rings (SSSR count). The highest BCUT2D eigenvalue weighted by atomic mass is 16.5. The normalized spacial score (nSPS) is 11.8. The fraction of sp³-hybridized carbons (Fsp3) is 0.500. The number of carbonyl (C=O) groups excluding carboxylic acids is 2. The first-order chi connectivity index (χ1) is 10.1. The number of benzene rings is 1. The van der Waals surface area contributed by atoms with Gasteiger partial charge in [-0.2, -0.15) is 0 Å². The summed E-state index contributed by atoms with van der Waals surface area (Å²) in [5.74, 6) is -0.196. The number of hydrogen-bond acceptors (Lipinski definition) is 3. The maximum atomic E-state index is 12.1. The van der Waals surface area contributed by atoms with Crippen molar-refractivity contribution in [3.05, 3.63) is 35.9 Å². The third-order valence-corrected chi connectivity index (χ3v) is 3.27. The lowest BCUT2D eigenvalue weighted by Gasteiger charge is -2.28. The molecule has 1 N–H and O–H groups in total. The first-order valence-electron chi connectivity index (χ1n) is 7.20. The number of rotatable bonds is 8. The van der Waals surface area contributed by atoms with Gasteiger partial charge in [-0.1, -0.05) is 37.3 Å². The minimum absolute atomic E-state index is 0.0340. The number of ether oxygens (including phenoxy) is 1. The van der Waals surface area contributed by atoms with Crippen LogP contribution < -0.4 is 5.32 Å². The topological polar surface area (TPSA) is 58.6 Å². The molecule has 0 radical (unpaired) electrons. The highest BCUT2D eigenvalue weighted by Crippen LogP contribution is 2.10. The van der Waals surface area contributed by atoms with E-state index in [1.165, 1.54) is 0 Å². The Morgan fingerprint density at radius 2 is 1.95 bits per heavy atom. The molecule has 1 aromatic carbocycles. The number of carbonyl (C=O) groups is 2. The molecule has 0 aromatic heterocycles. The van der Waals surface area contributed by atoms with Crippen LogP contribution in [0.3, 0.4) is 0 Å². The molecule has 116 valence electrons. The Hall–Kier alpha value is -1.88. The molecule has 0 aliphatic carbocycles. The van der Waals surface area contributed by atoms with Crippen LogP contribution in [0.1, 0.15) is 25.8 Å². The summed E-state index contributed by atoms with van der Waals surface area (Å²) >= 11 is 0. The third-order valence-electron chi connectivity index (χ3n) is 3.27. The van der Waals surface area contributed by atoms with Crippen molar-refractivity contribution in [2.45, 2.75) is 32.9 Å². The highest BCUT2D eigenvalue weighted by Gasteiger charge is 2.24. The SMILES string of the molecule is CCC(=O)N(Cc1ccccc1)[C@@H](C)C(=O)NCCOC. The van der Waals surface area contributed by atoms with E-state index >= 15 is 0 Å². The lowest BCUT2D eigenvalue weighted by atomic mass is 10.1. The van der Waals surface area contributed by atoms with Crippen molar-refractivity contribution >= 4 is 11.8 Å². The zero-order valence-corrected chi connectivity index (χ0v) is 13.0. The van der Waals surface area contributed by atoms with Gasteiger partial charge in [0.15, 0.2) is 0 Å². The first kappa shape index (κ1) is 17.2. The molecule has 1 atom stereocenters. The van der Waals surface area contributed by atoms with Gasteiger partial charge in [-0.25, -0.2) is 0 Å². The Bertz CT molecular complexity index is 448. The van der Waals surface area contributed by atoms with Crippen molar-refractivity contribution in [3.63, 3.8) is 0 Å². The van der Waals surface area contributed by atoms with E-state index in [0.717, 1.165) is 5.56 Å². The lowest BCUT2D eigenvalue weighted by Crippen LogP contribution is -2.48. The van der Waals surface area contributed by atoms with Crippen LogP contribution in [-0.4, -0.2) is 43.0 Å². The number of nitrogens with one attached hydrogen (secondary N) is 1. The molecule has 5 heteroatoms. The van der Waals surface area contributed by atoms with Gasteiger partial charge >= 0.3 is 0 Å². The molecule has 0 heterocycles. The highest BCUT2D eigenvalue weighted by molar-refractivity contribution is 5.87. The predicted octanol–water partition coefficient (Wildman–Crippen LogP) is 1.58. The maximum Gasteiger partial charge on any atom is 0.242 e. The molecular weight excluding hydrogens is 268 g/mol. The summed E-state index contributed by atoms with van der Waals surface area (Å²) in [5.41, 5.74) is 1.01. The smallest absolute Gasteiger partial charge is 0.242 e. The monoisotopic (exact) mass is 292 g/mol. The first-order valence-corrected chi connectivity index (χ1v) is 7.20. The van der Waals surface area contributed by atoms with Crippen molar-refractivity contribution in [3.8, 4) is 0 Å². The van der Waals surface area contributed by atoms with E-state index in [1.807, 2.05) is 30.3 Å². The molecule has 0 bridgehead atoms. The van der Waals surface area contributed by atoms with E-state index in [2.05, 4.69) is 5.32 Å². The molecule has 0 unspecified atom stereocenters. The van der Waals surface area contributed by atoms with E-state index < -0.39 is 6.04 Å². The second-order valence-electron chi connectivity index (χ2n) is 4.82. The van der Waals surface area contributed by atoms with Crippen molar-refractivity contribution in [1.82, 2.24) is 10.2 Å². The van der Waals surface area contributed by atoms with Crippen LogP contribution in [0.4, 0.5) is 0 Å². The second kappa shape index (κ2) is 9.13. The zero-order chi connectivity index (χ0) is 15.7. The Balaban J connectivity index is 2.72. The van der Waals surface area contributed by atoms with Gasteiger partial charge < -0.3 is 15.0 Å². The van der Waals surface area contributed by atoms with E-state index in [4.69, 9.17) is 4.74 Å². The van der Waals surface area contributed by atoms with Crippen LogP contribution in [0.25, 0.3) is 0 Å². The molecule has 1 aromatic rings. The molecule has 0 fully saturated rings. The lowest BCUT2D eigenvalue weighted by molar-refractivity contribution is -0.140. The fourth-order valence-corrected chi connectivity index (χ4v) is 1.99. The summed E-state index contributed by atoms with van der Waals surface area (Å²) in [5, 5.41) is 2.77. The van der Waals surface area contributed by atoms with Crippen LogP contribution in [0.2, 0.25) is 0 Å². The predicted molar refractivity (Wildman–Crippen MR) is 81.6 cm³/mol. The molecule has 0 aliphatic rings. The number of hydrogen-bond donors (Lipinski definition) is 1. The van der Waals surface area contributed by atoms with Crippen LogP contribution in [0, 0.1) is 0 Å². The Labute approximate surface area is 126 Å². The Morgan fingerprint density at radius 1 is 1.29 bits per heavy atom. The minimum atomic E-state index is -0.505. The van der Waals surface area contributed by atoms with Gasteiger partial charge in [-0.05, 0) is 12.5 Å². The van der Waals surface area contributed by atoms with Gasteiger partial charge in [0, 0.05) is 26.6 Å². The van der Waals surface area contributed by atoms with Gasteiger partial charge in [0.2, 0.25) is 11.8 Å². The number of amides is 2. The number of methoxy groups -OCH3 is 1. The molecule has 21 heavy (non-hydrogen) atoms. The van der Waals surface area contributed by atoms with Gasteiger partial charge in [-0.3, -0.25) is 9.59 Å². The molecular formula is C16H24N2O3. The van der Waals surface area contributed by atoms with Crippen LogP contribution in [0.5, 0.6) is 0 Å². The summed E-state index contributed by atoms with van der Waals surface area (Å²) in [6.45, 7) is 4.89. The van der Waals surface area contributed by atoms with E-state index in [9.17, 15) is 9.59 Å². The average Bonchev–Trinajstić information content (AvgIpc) is 2.52. The number of nitrogens with zero attached hydrogens (tertiary/aromatic N) is 1. The second-order valence-corrected chi connectivity index (χ2v) is 4.82. The molecule has 0 spiro atoms. The van der Waals surface area contributed by atoms with Crippen LogP contribution >= 0.6 is 0 Å². The van der Waals surface area contributed by atoms with E-state index in [-0.39, 0.29) is 11.8 Å². The summed E-state index contributed by atoms with van der Waals surface area (Å²) in [4.78, 5) is 25.8. The minimum Gasteiger partial charge on any atom is -0.383 e. The standard InChI is InChI=1S/C16H24N2O3/c1-4-15(19)18(12-14-8-6-5-7-9-14)13(2)16(20)17-10-11-21-3/h5-9,13H,4,10-12H2,1-3H3,(H,17,20)/t13-/m0/s1. The molecule has 0 saturated carbocycles. The average molecular weight is 292 g/mol. The molecule has 0 aliphatic heterocycles. The van der Waals surface area contributed by atoms with Crippen molar-refractivity contribution in [1.29, 1.82) is 0 Å². The van der Waals surface area contributed by atoms with Crippen molar-refractivity contribution in [2.75, 3.05) is 20.3 Å². The Kier molecular flexibility index (Phi) is 7.46. The summed E-state index contributed by atoms with van der Waals surface area (Å²) in [7, 11) is 1.58. The third kappa shape index (κ3) is 5.55. The van der Waals surface area contributed by atoms with Crippen molar-refractivity contribution in [2.24, 2.45) is 0 Å². The summed E-state index contributed by atoms with van der Waals surface area (Å²) in [6.07, 6.45) is 0.378. The van der Waals surface area contributed by atoms with Gasteiger partial charge in [-0.15, -0.1) is 0 Å². The van der Waals surface area contributed by atoms with E-state index in [0.29, 0.717) is 26.1 Å². The molecule has 0 saturated heterocycles. The quantitative estimate of drug-likeness (QED) is 0.740. The molecule has 5 nitrogen and oxygen atoms in total. The van der Waals surface area contributed by atoms with Gasteiger partial charge in [0.05, 0.1) is 6.61 Å². The Morgan fingerprint density at radius 3 is 2.52 bits per heavy atom. The maximum absolute atomic E-state index is 12.1. The van der Waals surface area contributed by atoms with Gasteiger partial charge in [0.1, 0.15) is 6.04 Å². The largest absolute Gasteiger partial charge is 0.383 e. The van der Waals surface area contributed by atoms with Crippen molar-refractivity contribution < 1.29 is 14.3 Å². The molecule has 2 amide bonds. The fourth-order valence-electron chi connectivity index (χ4n) is 1.99. The van der Waals surface area contributed by atoms with Crippen LogP contribution in [0.15, 0.2) is 30.3 Å². The summed E-state index contributed by atoms with van der Waals surface area (Å²) < 4.78 is 4.90.